The summed E-state index contributed by atoms with van der Waals surface area (Å²) in [5.41, 5.74) is -0.380. The van der Waals surface area contributed by atoms with Gasteiger partial charge >= 0.3 is 11.9 Å². The summed E-state index contributed by atoms with van der Waals surface area (Å²) in [6.45, 7) is 0. The number of benzene rings is 1. The van der Waals surface area contributed by atoms with Crippen LogP contribution >= 0.6 is 0 Å². The summed E-state index contributed by atoms with van der Waals surface area (Å²) in [6.07, 6.45) is 0.750. The van der Waals surface area contributed by atoms with Gasteiger partial charge in [-0.2, -0.15) is 0 Å². The van der Waals surface area contributed by atoms with E-state index >= 15 is 0 Å². The Morgan fingerprint density at radius 2 is 1.35 bits per heavy atom. The Labute approximate surface area is 98.1 Å². The third-order valence-corrected chi connectivity index (χ3v) is 1.60. The van der Waals surface area contributed by atoms with Gasteiger partial charge in [-0.25, -0.2) is 9.59 Å². The van der Waals surface area contributed by atoms with Gasteiger partial charge in [0, 0.05) is 14.1 Å². The van der Waals surface area contributed by atoms with Crippen LogP contribution < -0.4 is 0 Å². The SMILES string of the molecule is CN(C)C=O.O=C(O)c1ccccc1C(=O)O. The number of carbonyl (C=O) groups is 3. The molecule has 0 radical (unpaired) electrons. The molecule has 0 aliphatic carbocycles. The molecule has 1 rings (SSSR count). The first-order valence-corrected chi connectivity index (χ1v) is 4.57. The third-order valence-electron chi connectivity index (χ3n) is 1.60. The molecule has 0 saturated heterocycles. The number of hydrogen-bond acceptors (Lipinski definition) is 3. The average molecular weight is 239 g/mol. The molecule has 0 aromatic heterocycles. The van der Waals surface area contributed by atoms with Crippen molar-refractivity contribution in [3.05, 3.63) is 35.4 Å². The van der Waals surface area contributed by atoms with Gasteiger partial charge in [0.2, 0.25) is 6.41 Å². The van der Waals surface area contributed by atoms with E-state index in [1.54, 1.807) is 14.1 Å². The van der Waals surface area contributed by atoms with Gasteiger partial charge in [0.1, 0.15) is 0 Å². The molecule has 17 heavy (non-hydrogen) atoms. The van der Waals surface area contributed by atoms with Crippen LogP contribution in [0.3, 0.4) is 0 Å². The fourth-order valence-electron chi connectivity index (χ4n) is 0.856. The minimum atomic E-state index is -1.23. The zero-order valence-electron chi connectivity index (χ0n) is 9.45. The normalized spacial score (nSPS) is 8.59. The lowest BCUT2D eigenvalue weighted by Crippen LogP contribution is -2.06. The predicted octanol–water partition coefficient (Wildman–Crippen LogP) is 0.787. The van der Waals surface area contributed by atoms with E-state index in [0.717, 1.165) is 6.41 Å². The molecular formula is C11H13NO5. The molecule has 1 amide bonds. The molecule has 6 nitrogen and oxygen atoms in total. The van der Waals surface area contributed by atoms with Crippen molar-refractivity contribution in [2.75, 3.05) is 14.1 Å². The van der Waals surface area contributed by atoms with Crippen molar-refractivity contribution in [2.24, 2.45) is 0 Å². The van der Waals surface area contributed by atoms with E-state index in [-0.39, 0.29) is 11.1 Å². The maximum Gasteiger partial charge on any atom is 0.336 e. The van der Waals surface area contributed by atoms with E-state index in [9.17, 15) is 14.4 Å². The Hall–Kier alpha value is -2.37. The predicted molar refractivity (Wildman–Crippen MR) is 60.1 cm³/mol. The number of carboxylic acids is 2. The molecule has 6 heteroatoms. The van der Waals surface area contributed by atoms with Crippen LogP contribution in [0, 0.1) is 0 Å². The molecule has 0 unspecified atom stereocenters. The smallest absolute Gasteiger partial charge is 0.336 e. The highest BCUT2D eigenvalue weighted by molar-refractivity contribution is 6.01. The standard InChI is InChI=1S/C8H6O4.C3H7NO/c9-7(10)5-3-1-2-4-6(5)8(11)12;1-4(2)3-5/h1-4H,(H,9,10)(H,11,12);3H,1-2H3. The van der Waals surface area contributed by atoms with E-state index in [2.05, 4.69) is 0 Å². The number of carboxylic acid groups (broad SMARTS) is 2. The quantitative estimate of drug-likeness (QED) is 0.760. The van der Waals surface area contributed by atoms with Crippen LogP contribution in [0.25, 0.3) is 0 Å². The summed E-state index contributed by atoms with van der Waals surface area (Å²) in [4.78, 5) is 31.8. The lowest BCUT2D eigenvalue weighted by Gasteiger charge is -1.98. The first-order valence-electron chi connectivity index (χ1n) is 4.57. The summed E-state index contributed by atoms with van der Waals surface area (Å²) < 4.78 is 0. The zero-order chi connectivity index (χ0) is 13.4. The molecule has 0 saturated carbocycles. The second-order valence-corrected chi connectivity index (χ2v) is 3.22. The fourth-order valence-corrected chi connectivity index (χ4v) is 0.856. The van der Waals surface area contributed by atoms with Crippen molar-refractivity contribution in [2.45, 2.75) is 0 Å². The molecule has 2 N–H and O–H groups in total. The van der Waals surface area contributed by atoms with E-state index < -0.39 is 11.9 Å². The number of carbonyl (C=O) groups excluding carboxylic acids is 1. The maximum atomic E-state index is 10.5. The molecule has 0 spiro atoms. The maximum absolute atomic E-state index is 10.5. The van der Waals surface area contributed by atoms with Gasteiger partial charge < -0.3 is 15.1 Å². The van der Waals surface area contributed by atoms with Crippen LogP contribution in [0.15, 0.2) is 24.3 Å². The Morgan fingerprint density at radius 3 is 1.53 bits per heavy atom. The average Bonchev–Trinajstić information content (AvgIpc) is 2.29. The van der Waals surface area contributed by atoms with Crippen molar-refractivity contribution in [3.63, 3.8) is 0 Å². The van der Waals surface area contributed by atoms with Crippen LogP contribution in [0.5, 0.6) is 0 Å². The lowest BCUT2D eigenvalue weighted by molar-refractivity contribution is -0.115. The zero-order valence-corrected chi connectivity index (χ0v) is 9.45. The van der Waals surface area contributed by atoms with Gasteiger partial charge in [0.05, 0.1) is 11.1 Å². The summed E-state index contributed by atoms with van der Waals surface area (Å²) in [5.74, 6) is -2.46. The second-order valence-electron chi connectivity index (χ2n) is 3.22. The highest BCUT2D eigenvalue weighted by atomic mass is 16.4. The summed E-state index contributed by atoms with van der Waals surface area (Å²) in [5, 5.41) is 17.1. The number of amides is 1. The Balaban J connectivity index is 0.000000437. The Morgan fingerprint density at radius 1 is 1.06 bits per heavy atom. The number of nitrogens with zero attached hydrogens (tertiary/aromatic N) is 1. The minimum Gasteiger partial charge on any atom is -0.478 e. The van der Waals surface area contributed by atoms with E-state index in [4.69, 9.17) is 10.2 Å². The van der Waals surface area contributed by atoms with Crippen LogP contribution in [-0.2, 0) is 4.79 Å². The van der Waals surface area contributed by atoms with Crippen LogP contribution in [-0.4, -0.2) is 47.6 Å². The van der Waals surface area contributed by atoms with Gasteiger partial charge in [0.25, 0.3) is 0 Å². The van der Waals surface area contributed by atoms with Crippen LogP contribution in [0.2, 0.25) is 0 Å². The topological polar surface area (TPSA) is 94.9 Å². The molecule has 1 aromatic rings. The molecule has 0 bridgehead atoms. The van der Waals surface area contributed by atoms with Gasteiger partial charge in [-0.3, -0.25) is 4.79 Å². The van der Waals surface area contributed by atoms with Crippen LogP contribution in [0.4, 0.5) is 0 Å². The van der Waals surface area contributed by atoms with Gasteiger partial charge in [-0.15, -0.1) is 0 Å². The lowest BCUT2D eigenvalue weighted by atomic mass is 10.1. The Bertz CT molecular complexity index is 381. The van der Waals surface area contributed by atoms with Crippen molar-refractivity contribution in [1.29, 1.82) is 0 Å². The summed E-state index contributed by atoms with van der Waals surface area (Å²) in [6, 6.07) is 5.48. The third kappa shape index (κ3) is 5.31. The summed E-state index contributed by atoms with van der Waals surface area (Å²) >= 11 is 0. The van der Waals surface area contributed by atoms with Crippen LogP contribution in [0.1, 0.15) is 20.7 Å². The molecule has 0 heterocycles. The van der Waals surface area contributed by atoms with Gasteiger partial charge in [-0.1, -0.05) is 12.1 Å². The molecule has 0 fully saturated rings. The molecule has 0 atom stereocenters. The number of hydrogen-bond donors (Lipinski definition) is 2. The number of aromatic carboxylic acids is 2. The second kappa shape index (κ2) is 7.00. The van der Waals surface area contributed by atoms with E-state index in [1.807, 2.05) is 0 Å². The molecule has 1 aromatic carbocycles. The molecule has 0 aliphatic heterocycles. The van der Waals surface area contributed by atoms with Gasteiger partial charge in [0.15, 0.2) is 0 Å². The highest BCUT2D eigenvalue weighted by Crippen LogP contribution is 2.07. The first kappa shape index (κ1) is 14.6. The highest BCUT2D eigenvalue weighted by Gasteiger charge is 2.13. The Kier molecular flexibility index (Phi) is 6.02. The first-order chi connectivity index (χ1) is 7.90. The van der Waals surface area contributed by atoms with Crippen molar-refractivity contribution in [1.82, 2.24) is 4.90 Å². The molecule has 92 valence electrons. The number of rotatable bonds is 3. The largest absolute Gasteiger partial charge is 0.478 e. The summed E-state index contributed by atoms with van der Waals surface area (Å²) in [7, 11) is 3.38. The minimum absolute atomic E-state index is 0.190. The van der Waals surface area contributed by atoms with Crippen molar-refractivity contribution < 1.29 is 24.6 Å². The van der Waals surface area contributed by atoms with E-state index in [1.165, 1.54) is 29.2 Å². The van der Waals surface area contributed by atoms with Crippen molar-refractivity contribution >= 4 is 18.3 Å². The van der Waals surface area contributed by atoms with Gasteiger partial charge in [-0.05, 0) is 12.1 Å². The molecular weight excluding hydrogens is 226 g/mol. The molecule has 0 aliphatic rings. The van der Waals surface area contributed by atoms with E-state index in [0.29, 0.717) is 0 Å². The fraction of sp³-hybridized carbons (Fsp3) is 0.182. The monoisotopic (exact) mass is 239 g/mol. The van der Waals surface area contributed by atoms with Crippen molar-refractivity contribution in [3.8, 4) is 0 Å².